The summed E-state index contributed by atoms with van der Waals surface area (Å²) < 4.78 is 20.8. The fraction of sp³-hybridized carbons (Fsp3) is 1.00. The highest BCUT2D eigenvalue weighted by Gasteiger charge is 2.41. The van der Waals surface area contributed by atoms with Crippen molar-refractivity contribution in [2.24, 2.45) is 0 Å². The van der Waals surface area contributed by atoms with Gasteiger partial charge in [-0.15, -0.1) is 0 Å². The highest BCUT2D eigenvalue weighted by molar-refractivity contribution is 4.87. The summed E-state index contributed by atoms with van der Waals surface area (Å²) in [5.41, 5.74) is 0. The summed E-state index contributed by atoms with van der Waals surface area (Å²) in [6.07, 6.45) is -2.06. The van der Waals surface area contributed by atoms with Gasteiger partial charge in [0.25, 0.3) is 0 Å². The Morgan fingerprint density at radius 2 is 2.07 bits per heavy atom. The van der Waals surface area contributed by atoms with Crippen LogP contribution in [0.3, 0.4) is 0 Å². The summed E-state index contributed by atoms with van der Waals surface area (Å²) in [7, 11) is 0. The van der Waals surface area contributed by atoms with Gasteiger partial charge in [-0.3, -0.25) is 0 Å². The average Bonchev–Trinajstić information content (AvgIpc) is 2.27. The quantitative estimate of drug-likeness (QED) is 0.570. The number of aliphatic hydroxyl groups is 2. The highest BCUT2D eigenvalue weighted by atomic mass is 16.8. The Hall–Kier alpha value is -0.240. The lowest BCUT2D eigenvalue weighted by atomic mass is 10.0. The number of ether oxygens (including phenoxy) is 4. The number of fused-ring (bicyclic) bond motifs is 1. The van der Waals surface area contributed by atoms with Gasteiger partial charge in [0, 0.05) is 0 Å². The zero-order valence-electron chi connectivity index (χ0n) is 7.67. The second kappa shape index (κ2) is 4.52. The molecule has 14 heavy (non-hydrogen) atoms. The predicted octanol–water partition coefficient (Wildman–Crippen LogP) is -1.55. The maximum atomic E-state index is 9.47. The fourth-order valence-electron chi connectivity index (χ4n) is 1.68. The van der Waals surface area contributed by atoms with E-state index in [-0.39, 0.29) is 32.4 Å². The van der Waals surface area contributed by atoms with Crippen LogP contribution in [-0.2, 0) is 18.9 Å². The molecule has 2 N–H and O–H groups in total. The third kappa shape index (κ3) is 1.90. The molecular weight excluding hydrogens is 192 g/mol. The maximum absolute atomic E-state index is 9.47. The third-order valence-electron chi connectivity index (χ3n) is 2.43. The van der Waals surface area contributed by atoms with Gasteiger partial charge in [0.1, 0.15) is 38.0 Å². The summed E-state index contributed by atoms with van der Waals surface area (Å²) in [6.45, 7) is 0.346. The van der Waals surface area contributed by atoms with E-state index in [2.05, 4.69) is 0 Å². The molecular formula is C8H14O6. The molecule has 2 aliphatic heterocycles. The summed E-state index contributed by atoms with van der Waals surface area (Å²) in [5, 5.41) is 18.3. The van der Waals surface area contributed by atoms with E-state index in [9.17, 15) is 5.11 Å². The molecule has 0 radical (unpaired) electrons. The normalized spacial score (nSPS) is 40.3. The van der Waals surface area contributed by atoms with Crippen LogP contribution in [0, 0.1) is 0 Å². The molecule has 0 saturated carbocycles. The van der Waals surface area contributed by atoms with Crippen molar-refractivity contribution in [2.45, 2.75) is 24.4 Å². The largest absolute Gasteiger partial charge is 0.394 e. The van der Waals surface area contributed by atoms with Crippen molar-refractivity contribution in [3.05, 3.63) is 0 Å². The van der Waals surface area contributed by atoms with Crippen molar-refractivity contribution >= 4 is 0 Å². The molecule has 6 nitrogen and oxygen atoms in total. The first-order valence-corrected chi connectivity index (χ1v) is 4.54. The van der Waals surface area contributed by atoms with E-state index in [1.807, 2.05) is 0 Å². The summed E-state index contributed by atoms with van der Waals surface area (Å²) in [5.74, 6) is 0. The molecule has 0 aromatic heterocycles. The zero-order valence-corrected chi connectivity index (χ0v) is 7.67. The van der Waals surface area contributed by atoms with Crippen molar-refractivity contribution in [1.82, 2.24) is 0 Å². The summed E-state index contributed by atoms with van der Waals surface area (Å²) >= 11 is 0. The van der Waals surface area contributed by atoms with Crippen LogP contribution in [0.5, 0.6) is 0 Å². The molecule has 0 spiro atoms. The van der Waals surface area contributed by atoms with Crippen molar-refractivity contribution in [3.8, 4) is 0 Å². The van der Waals surface area contributed by atoms with Crippen molar-refractivity contribution < 1.29 is 29.2 Å². The van der Waals surface area contributed by atoms with E-state index in [0.29, 0.717) is 6.61 Å². The van der Waals surface area contributed by atoms with Crippen LogP contribution in [0.1, 0.15) is 0 Å². The second-order valence-electron chi connectivity index (χ2n) is 3.32. The molecule has 2 rings (SSSR count). The minimum atomic E-state index is -0.940. The van der Waals surface area contributed by atoms with Gasteiger partial charge in [-0.25, -0.2) is 0 Å². The van der Waals surface area contributed by atoms with Gasteiger partial charge in [0.05, 0.1) is 13.2 Å². The lowest BCUT2D eigenvalue weighted by molar-refractivity contribution is -0.314. The minimum absolute atomic E-state index is 0.0929. The first-order valence-electron chi connectivity index (χ1n) is 4.54. The van der Waals surface area contributed by atoms with E-state index in [1.54, 1.807) is 0 Å². The number of hydrogen-bond acceptors (Lipinski definition) is 6. The van der Waals surface area contributed by atoms with Gasteiger partial charge < -0.3 is 29.2 Å². The Balaban J connectivity index is 2.01. The molecule has 6 heteroatoms. The van der Waals surface area contributed by atoms with Crippen LogP contribution in [0.2, 0.25) is 0 Å². The Labute approximate surface area is 81.3 Å². The molecule has 0 aliphatic carbocycles. The third-order valence-corrected chi connectivity index (χ3v) is 2.43. The molecule has 2 saturated heterocycles. The lowest BCUT2D eigenvalue weighted by Crippen LogP contribution is -2.57. The van der Waals surface area contributed by atoms with Crippen LogP contribution in [0.4, 0.5) is 0 Å². The minimum Gasteiger partial charge on any atom is -0.394 e. The second-order valence-corrected chi connectivity index (χ2v) is 3.32. The van der Waals surface area contributed by atoms with E-state index in [4.69, 9.17) is 24.1 Å². The predicted molar refractivity (Wildman–Crippen MR) is 43.4 cm³/mol. The van der Waals surface area contributed by atoms with Gasteiger partial charge in [-0.1, -0.05) is 0 Å². The van der Waals surface area contributed by atoms with Gasteiger partial charge in [-0.2, -0.15) is 0 Å². The van der Waals surface area contributed by atoms with Gasteiger partial charge in [0.15, 0.2) is 0 Å². The number of rotatable bonds is 2. The monoisotopic (exact) mass is 206 g/mol. The van der Waals surface area contributed by atoms with Gasteiger partial charge in [-0.05, 0) is 0 Å². The topological polar surface area (TPSA) is 77.4 Å². The molecule has 0 aromatic rings. The van der Waals surface area contributed by atoms with Crippen LogP contribution in [-0.4, -0.2) is 61.4 Å². The van der Waals surface area contributed by atoms with Crippen LogP contribution in [0.15, 0.2) is 0 Å². The molecule has 2 aliphatic rings. The van der Waals surface area contributed by atoms with Crippen LogP contribution in [0.25, 0.3) is 0 Å². The molecule has 0 amide bonds. The zero-order chi connectivity index (χ0) is 9.97. The molecule has 0 unspecified atom stereocenters. The standard InChI is InChI=1S/C8H14O6/c9-1-5(10)7-8-6(12-4-14-7)2-11-3-13-8/h5-10H,1-4H2/t5-,6-,7+,8+/m1/s1. The summed E-state index contributed by atoms with van der Waals surface area (Å²) in [4.78, 5) is 0. The maximum Gasteiger partial charge on any atom is 0.147 e. The van der Waals surface area contributed by atoms with E-state index >= 15 is 0 Å². The van der Waals surface area contributed by atoms with Crippen molar-refractivity contribution in [1.29, 1.82) is 0 Å². The first-order chi connectivity index (χ1) is 6.83. The molecule has 2 heterocycles. The molecule has 0 bridgehead atoms. The Kier molecular flexibility index (Phi) is 3.32. The SMILES string of the molecule is OC[C@@H](O)[C@@H]1OCO[C@@H]2COCO[C@H]12. The van der Waals surface area contributed by atoms with Crippen molar-refractivity contribution in [3.63, 3.8) is 0 Å². The van der Waals surface area contributed by atoms with Gasteiger partial charge in [0.2, 0.25) is 0 Å². The summed E-state index contributed by atoms with van der Waals surface area (Å²) in [6, 6.07) is 0. The first kappa shape index (κ1) is 10.3. The van der Waals surface area contributed by atoms with E-state index in [1.165, 1.54) is 0 Å². The van der Waals surface area contributed by atoms with Crippen molar-refractivity contribution in [2.75, 3.05) is 26.8 Å². The highest BCUT2D eigenvalue weighted by Crippen LogP contribution is 2.23. The number of aliphatic hydroxyl groups excluding tert-OH is 2. The van der Waals surface area contributed by atoms with Gasteiger partial charge >= 0.3 is 0 Å². The molecule has 2 fully saturated rings. The number of hydrogen-bond donors (Lipinski definition) is 2. The average molecular weight is 206 g/mol. The lowest BCUT2D eigenvalue weighted by Gasteiger charge is -2.41. The fourth-order valence-corrected chi connectivity index (χ4v) is 1.68. The Morgan fingerprint density at radius 1 is 1.21 bits per heavy atom. The van der Waals surface area contributed by atoms with E-state index in [0.717, 1.165) is 0 Å². The van der Waals surface area contributed by atoms with Crippen LogP contribution >= 0.6 is 0 Å². The van der Waals surface area contributed by atoms with Crippen LogP contribution < -0.4 is 0 Å². The Bertz CT molecular complexity index is 183. The van der Waals surface area contributed by atoms with E-state index < -0.39 is 12.2 Å². The smallest absolute Gasteiger partial charge is 0.147 e. The Morgan fingerprint density at radius 3 is 2.86 bits per heavy atom. The molecule has 4 atom stereocenters. The molecule has 82 valence electrons. The molecule has 0 aromatic carbocycles.